The molecule has 0 saturated heterocycles. The predicted octanol–water partition coefficient (Wildman–Crippen LogP) is 4.44. The zero-order valence-corrected chi connectivity index (χ0v) is 14.8. The van der Waals surface area contributed by atoms with Gasteiger partial charge in [-0.25, -0.2) is 0 Å². The van der Waals surface area contributed by atoms with E-state index in [9.17, 15) is 0 Å². The van der Waals surface area contributed by atoms with Crippen LogP contribution in [-0.2, 0) is 7.05 Å². The summed E-state index contributed by atoms with van der Waals surface area (Å²) >= 11 is 0. The first-order valence-corrected chi connectivity index (χ1v) is 7.76. The van der Waals surface area contributed by atoms with Crippen molar-refractivity contribution in [2.24, 2.45) is 7.05 Å². The Kier molecular flexibility index (Phi) is 6.19. The molecule has 2 aromatic rings. The van der Waals surface area contributed by atoms with E-state index >= 15 is 0 Å². The molecule has 2 heterocycles. The quantitative estimate of drug-likeness (QED) is 0.837. The first-order valence-electron chi connectivity index (χ1n) is 7.76. The average molecular weight is 290 g/mol. The van der Waals surface area contributed by atoms with Crippen molar-refractivity contribution in [2.45, 2.75) is 66.3 Å². The molecule has 0 fully saturated rings. The van der Waals surface area contributed by atoms with Gasteiger partial charge in [-0.3, -0.25) is 9.36 Å². The summed E-state index contributed by atoms with van der Waals surface area (Å²) in [6, 6.07) is 0.475. The molecule has 0 saturated carbocycles. The van der Waals surface area contributed by atoms with E-state index in [1.54, 1.807) is 0 Å². The third-order valence-corrected chi connectivity index (χ3v) is 3.49. The highest BCUT2D eigenvalue weighted by Gasteiger charge is 2.05. The molecule has 0 spiro atoms. The standard InChI is InChI=1S/C9H16N2.C8H14N2/c1-7(2)9-5-10-11(6-9)8(3)4;1-6(2)8-5-10(4)9-7(8)3/h5-8H,1-4H3;5-6H,1-4H3. The van der Waals surface area contributed by atoms with Crippen molar-refractivity contribution in [3.05, 3.63) is 35.4 Å². The number of aromatic nitrogens is 4. The van der Waals surface area contributed by atoms with Crippen LogP contribution in [0.1, 0.15) is 76.2 Å². The highest BCUT2D eigenvalue weighted by atomic mass is 15.3. The Hall–Kier alpha value is -1.58. The van der Waals surface area contributed by atoms with Gasteiger partial charge in [0.1, 0.15) is 0 Å². The van der Waals surface area contributed by atoms with E-state index in [1.165, 1.54) is 11.1 Å². The SMILES string of the molecule is CC(C)c1cnn(C(C)C)c1.Cc1nn(C)cc1C(C)C. The predicted molar refractivity (Wildman–Crippen MR) is 88.7 cm³/mol. The highest BCUT2D eigenvalue weighted by molar-refractivity contribution is 5.18. The van der Waals surface area contributed by atoms with Gasteiger partial charge in [-0.2, -0.15) is 10.2 Å². The maximum atomic E-state index is 4.25. The van der Waals surface area contributed by atoms with E-state index in [0.717, 1.165) is 5.69 Å². The molecular formula is C17H30N4. The van der Waals surface area contributed by atoms with Crippen LogP contribution in [0.5, 0.6) is 0 Å². The lowest BCUT2D eigenvalue weighted by Crippen LogP contribution is -1.99. The van der Waals surface area contributed by atoms with Gasteiger partial charge in [0, 0.05) is 25.5 Å². The summed E-state index contributed by atoms with van der Waals surface area (Å²) in [5, 5.41) is 8.50. The van der Waals surface area contributed by atoms with E-state index in [-0.39, 0.29) is 0 Å². The number of nitrogens with zero attached hydrogens (tertiary/aromatic N) is 4. The lowest BCUT2D eigenvalue weighted by atomic mass is 10.1. The zero-order chi connectivity index (χ0) is 16.2. The Bertz CT molecular complexity index is 524. The summed E-state index contributed by atoms with van der Waals surface area (Å²) in [6.45, 7) is 15.1. The Morgan fingerprint density at radius 2 is 1.57 bits per heavy atom. The molecule has 2 rings (SSSR count). The third kappa shape index (κ3) is 5.03. The molecule has 21 heavy (non-hydrogen) atoms. The summed E-state index contributed by atoms with van der Waals surface area (Å²) in [5.74, 6) is 1.18. The van der Waals surface area contributed by atoms with Gasteiger partial charge in [-0.15, -0.1) is 0 Å². The summed E-state index contributed by atoms with van der Waals surface area (Å²) in [4.78, 5) is 0. The zero-order valence-electron chi connectivity index (χ0n) is 14.8. The van der Waals surface area contributed by atoms with Gasteiger partial charge in [-0.05, 0) is 43.7 Å². The molecule has 0 aliphatic carbocycles. The van der Waals surface area contributed by atoms with Crippen LogP contribution in [0, 0.1) is 6.92 Å². The van der Waals surface area contributed by atoms with E-state index in [1.807, 2.05) is 22.6 Å². The summed E-state index contributed by atoms with van der Waals surface area (Å²) in [5.41, 5.74) is 3.82. The highest BCUT2D eigenvalue weighted by Crippen LogP contribution is 2.16. The molecule has 0 amide bonds. The van der Waals surface area contributed by atoms with Crippen molar-refractivity contribution in [3.63, 3.8) is 0 Å². The molecule has 0 aliphatic rings. The van der Waals surface area contributed by atoms with Crippen LogP contribution in [-0.4, -0.2) is 19.6 Å². The fraction of sp³-hybridized carbons (Fsp3) is 0.647. The van der Waals surface area contributed by atoms with Gasteiger partial charge in [0.05, 0.1) is 11.9 Å². The van der Waals surface area contributed by atoms with Gasteiger partial charge in [0.25, 0.3) is 0 Å². The molecule has 0 radical (unpaired) electrons. The van der Waals surface area contributed by atoms with Gasteiger partial charge < -0.3 is 0 Å². The second kappa shape index (κ2) is 7.43. The van der Waals surface area contributed by atoms with E-state index in [2.05, 4.69) is 71.1 Å². The molecule has 118 valence electrons. The van der Waals surface area contributed by atoms with Crippen molar-refractivity contribution in [1.29, 1.82) is 0 Å². The van der Waals surface area contributed by atoms with Crippen molar-refractivity contribution in [3.8, 4) is 0 Å². The number of rotatable bonds is 3. The minimum Gasteiger partial charge on any atom is -0.275 e. The molecule has 0 unspecified atom stereocenters. The van der Waals surface area contributed by atoms with Crippen LogP contribution in [0.2, 0.25) is 0 Å². The monoisotopic (exact) mass is 290 g/mol. The van der Waals surface area contributed by atoms with Crippen molar-refractivity contribution >= 4 is 0 Å². The third-order valence-electron chi connectivity index (χ3n) is 3.49. The fourth-order valence-corrected chi connectivity index (χ4v) is 2.12. The molecule has 0 bridgehead atoms. The second-order valence-corrected chi connectivity index (χ2v) is 6.50. The Balaban J connectivity index is 0.000000211. The van der Waals surface area contributed by atoms with Crippen molar-refractivity contribution < 1.29 is 0 Å². The van der Waals surface area contributed by atoms with Crippen LogP contribution in [0.4, 0.5) is 0 Å². The topological polar surface area (TPSA) is 35.6 Å². The van der Waals surface area contributed by atoms with Crippen molar-refractivity contribution in [2.75, 3.05) is 0 Å². The smallest absolute Gasteiger partial charge is 0.0628 e. The normalized spacial score (nSPS) is 11.2. The Morgan fingerprint density at radius 1 is 0.952 bits per heavy atom. The van der Waals surface area contributed by atoms with Crippen LogP contribution < -0.4 is 0 Å². The van der Waals surface area contributed by atoms with Crippen LogP contribution in [0.3, 0.4) is 0 Å². The Labute approximate surface area is 129 Å². The van der Waals surface area contributed by atoms with Gasteiger partial charge in [0.2, 0.25) is 0 Å². The largest absolute Gasteiger partial charge is 0.275 e. The molecule has 0 aromatic carbocycles. The average Bonchev–Trinajstić information content (AvgIpc) is 2.96. The number of hydrogen-bond donors (Lipinski definition) is 0. The minimum absolute atomic E-state index is 0.475. The molecule has 4 heteroatoms. The minimum atomic E-state index is 0.475. The molecule has 0 aliphatic heterocycles. The van der Waals surface area contributed by atoms with Crippen molar-refractivity contribution in [1.82, 2.24) is 19.6 Å². The lowest BCUT2D eigenvalue weighted by Gasteiger charge is -2.03. The molecular weight excluding hydrogens is 260 g/mol. The number of aryl methyl sites for hydroxylation is 2. The van der Waals surface area contributed by atoms with E-state index in [0.29, 0.717) is 17.9 Å². The van der Waals surface area contributed by atoms with E-state index in [4.69, 9.17) is 0 Å². The Morgan fingerprint density at radius 3 is 1.81 bits per heavy atom. The lowest BCUT2D eigenvalue weighted by molar-refractivity contribution is 0.531. The molecule has 0 N–H and O–H groups in total. The van der Waals surface area contributed by atoms with Crippen LogP contribution >= 0.6 is 0 Å². The first-order chi connectivity index (χ1) is 9.72. The fourth-order valence-electron chi connectivity index (χ4n) is 2.12. The van der Waals surface area contributed by atoms with Gasteiger partial charge in [-0.1, -0.05) is 27.7 Å². The van der Waals surface area contributed by atoms with Gasteiger partial charge >= 0.3 is 0 Å². The summed E-state index contributed by atoms with van der Waals surface area (Å²) < 4.78 is 3.86. The number of hydrogen-bond acceptors (Lipinski definition) is 2. The first kappa shape index (κ1) is 17.5. The molecule has 0 atom stereocenters. The second-order valence-electron chi connectivity index (χ2n) is 6.50. The van der Waals surface area contributed by atoms with Crippen LogP contribution in [0.15, 0.2) is 18.6 Å². The van der Waals surface area contributed by atoms with E-state index < -0.39 is 0 Å². The maximum absolute atomic E-state index is 4.25. The molecule has 2 aromatic heterocycles. The summed E-state index contributed by atoms with van der Waals surface area (Å²) in [6.07, 6.45) is 6.15. The maximum Gasteiger partial charge on any atom is 0.0628 e. The summed E-state index contributed by atoms with van der Waals surface area (Å²) in [7, 11) is 1.96. The van der Waals surface area contributed by atoms with Gasteiger partial charge in [0.15, 0.2) is 0 Å². The van der Waals surface area contributed by atoms with Crippen LogP contribution in [0.25, 0.3) is 0 Å². The molecule has 4 nitrogen and oxygen atoms in total.